The van der Waals surface area contributed by atoms with E-state index in [2.05, 4.69) is 61.4 Å². The minimum absolute atomic E-state index is 0.208. The van der Waals surface area contributed by atoms with Crippen LogP contribution in [0.3, 0.4) is 0 Å². The van der Waals surface area contributed by atoms with Crippen molar-refractivity contribution in [3.63, 3.8) is 0 Å². The van der Waals surface area contributed by atoms with E-state index in [4.69, 9.17) is 0 Å². The maximum Gasteiger partial charge on any atom is 0.307 e. The van der Waals surface area contributed by atoms with Crippen LogP contribution in [0.15, 0.2) is 35.7 Å². The summed E-state index contributed by atoms with van der Waals surface area (Å²) in [6, 6.07) is 8.67. The van der Waals surface area contributed by atoms with Crippen LogP contribution in [0.25, 0.3) is 5.57 Å². The van der Waals surface area contributed by atoms with Gasteiger partial charge in [-0.1, -0.05) is 24.3 Å². The molecule has 0 bridgehead atoms. The van der Waals surface area contributed by atoms with Crippen LogP contribution in [-0.4, -0.2) is 35.6 Å². The highest BCUT2D eigenvalue weighted by atomic mass is 32.1. The van der Waals surface area contributed by atoms with Gasteiger partial charge in [0.2, 0.25) is 0 Å². The summed E-state index contributed by atoms with van der Waals surface area (Å²) in [4.78, 5) is 14.9. The van der Waals surface area contributed by atoms with Crippen LogP contribution in [0.1, 0.15) is 46.4 Å². The first kappa shape index (κ1) is 19.8. The summed E-state index contributed by atoms with van der Waals surface area (Å²) in [6.07, 6.45) is 5.09. The van der Waals surface area contributed by atoms with E-state index in [1.807, 2.05) is 0 Å². The summed E-state index contributed by atoms with van der Waals surface area (Å²) < 4.78 is 0. The number of carbonyl (C=O) groups is 1. The molecule has 1 aromatic carbocycles. The lowest BCUT2D eigenvalue weighted by Crippen LogP contribution is -2.39. The number of benzene rings is 1. The van der Waals surface area contributed by atoms with E-state index in [9.17, 15) is 9.90 Å². The Hall–Kier alpha value is -1.91. The number of carboxylic acid groups (broad SMARTS) is 1. The fourth-order valence-corrected chi connectivity index (χ4v) is 5.02. The zero-order valence-corrected chi connectivity index (χ0v) is 17.3. The third kappa shape index (κ3) is 4.69. The molecule has 2 aromatic rings. The van der Waals surface area contributed by atoms with E-state index in [0.717, 1.165) is 32.4 Å². The van der Waals surface area contributed by atoms with Crippen molar-refractivity contribution in [2.45, 2.75) is 40.0 Å². The minimum atomic E-state index is -0.652. The monoisotopic (exact) mass is 383 g/mol. The van der Waals surface area contributed by atoms with Crippen molar-refractivity contribution in [2.24, 2.45) is 5.92 Å². The van der Waals surface area contributed by atoms with Crippen molar-refractivity contribution < 1.29 is 9.90 Å². The molecule has 1 atom stereocenters. The lowest BCUT2D eigenvalue weighted by atomic mass is 9.92. The number of rotatable bonds is 6. The van der Waals surface area contributed by atoms with Crippen LogP contribution in [0.2, 0.25) is 0 Å². The number of hydrogen-bond donors (Lipinski definition) is 1. The Morgan fingerprint density at radius 1 is 1.22 bits per heavy atom. The molecule has 0 spiro atoms. The molecule has 3 nitrogen and oxygen atoms in total. The van der Waals surface area contributed by atoms with Crippen LogP contribution in [-0.2, 0) is 4.79 Å². The summed E-state index contributed by atoms with van der Waals surface area (Å²) in [7, 11) is 0. The van der Waals surface area contributed by atoms with Gasteiger partial charge in [-0.2, -0.15) is 0 Å². The quantitative estimate of drug-likeness (QED) is 0.737. The van der Waals surface area contributed by atoms with Gasteiger partial charge in [-0.05, 0) is 85.9 Å². The van der Waals surface area contributed by atoms with Crippen molar-refractivity contribution in [3.05, 3.63) is 62.9 Å². The van der Waals surface area contributed by atoms with Gasteiger partial charge in [0.1, 0.15) is 0 Å². The molecule has 1 saturated heterocycles. The van der Waals surface area contributed by atoms with Gasteiger partial charge >= 0.3 is 5.97 Å². The van der Waals surface area contributed by atoms with Crippen molar-refractivity contribution in [2.75, 3.05) is 19.6 Å². The Morgan fingerprint density at radius 2 is 1.96 bits per heavy atom. The Kier molecular flexibility index (Phi) is 6.51. The maximum atomic E-state index is 11.3. The average Bonchev–Trinajstić information content (AvgIpc) is 3.06. The predicted octanol–water partition coefficient (Wildman–Crippen LogP) is 5.29. The number of thiophene rings is 1. The molecule has 0 saturated carbocycles. The van der Waals surface area contributed by atoms with Gasteiger partial charge in [0.05, 0.1) is 5.92 Å². The van der Waals surface area contributed by atoms with Crippen LogP contribution < -0.4 is 0 Å². The summed E-state index contributed by atoms with van der Waals surface area (Å²) in [6.45, 7) is 9.15. The molecule has 4 heteroatoms. The molecule has 1 N–H and O–H groups in total. The number of piperidine rings is 1. The minimum Gasteiger partial charge on any atom is -0.481 e. The summed E-state index contributed by atoms with van der Waals surface area (Å²) in [5, 5.41) is 11.5. The third-order valence-corrected chi connectivity index (χ3v) is 6.56. The molecule has 0 unspecified atom stereocenters. The van der Waals surface area contributed by atoms with Crippen molar-refractivity contribution in [1.82, 2.24) is 4.90 Å². The highest BCUT2D eigenvalue weighted by Gasteiger charge is 2.24. The van der Waals surface area contributed by atoms with Gasteiger partial charge in [0.25, 0.3) is 0 Å². The Labute approximate surface area is 166 Å². The van der Waals surface area contributed by atoms with Crippen LogP contribution in [0, 0.1) is 26.7 Å². The van der Waals surface area contributed by atoms with Gasteiger partial charge < -0.3 is 10.0 Å². The molecule has 144 valence electrons. The molecule has 1 aromatic heterocycles. The van der Waals surface area contributed by atoms with Gasteiger partial charge in [-0.15, -0.1) is 11.3 Å². The van der Waals surface area contributed by atoms with Gasteiger partial charge in [0, 0.05) is 18.0 Å². The number of aryl methyl sites for hydroxylation is 3. The van der Waals surface area contributed by atoms with E-state index in [1.54, 1.807) is 11.3 Å². The molecular formula is C23H29NO2S. The van der Waals surface area contributed by atoms with E-state index in [0.29, 0.717) is 6.54 Å². The third-order valence-electron chi connectivity index (χ3n) is 5.51. The van der Waals surface area contributed by atoms with E-state index in [-0.39, 0.29) is 5.92 Å². The molecule has 0 aliphatic carbocycles. The molecule has 0 amide bonds. The highest BCUT2D eigenvalue weighted by Crippen LogP contribution is 2.34. The first-order chi connectivity index (χ1) is 13.0. The van der Waals surface area contributed by atoms with Crippen molar-refractivity contribution in [3.8, 4) is 0 Å². The molecule has 1 aliphatic heterocycles. The molecular weight excluding hydrogens is 354 g/mol. The smallest absolute Gasteiger partial charge is 0.307 e. The number of nitrogens with zero attached hydrogens (tertiary/aromatic N) is 1. The molecule has 3 rings (SSSR count). The van der Waals surface area contributed by atoms with Crippen molar-refractivity contribution >= 4 is 22.9 Å². The first-order valence-electron chi connectivity index (χ1n) is 9.73. The second-order valence-electron chi connectivity index (χ2n) is 7.58. The summed E-state index contributed by atoms with van der Waals surface area (Å²) in [5.74, 6) is -0.860. The van der Waals surface area contributed by atoms with Crippen LogP contribution in [0.5, 0.6) is 0 Å². The summed E-state index contributed by atoms with van der Waals surface area (Å²) >= 11 is 1.80. The van der Waals surface area contributed by atoms with Crippen LogP contribution >= 0.6 is 11.3 Å². The van der Waals surface area contributed by atoms with Crippen LogP contribution in [0.4, 0.5) is 0 Å². The van der Waals surface area contributed by atoms with E-state index < -0.39 is 5.97 Å². The fraction of sp³-hybridized carbons (Fsp3) is 0.435. The second kappa shape index (κ2) is 8.85. The van der Waals surface area contributed by atoms with E-state index >= 15 is 0 Å². The second-order valence-corrected chi connectivity index (χ2v) is 8.50. The Morgan fingerprint density at radius 3 is 2.59 bits per heavy atom. The summed E-state index contributed by atoms with van der Waals surface area (Å²) in [5.41, 5.74) is 6.59. The number of carboxylic acids is 1. The Balaban J connectivity index is 1.82. The molecule has 1 aliphatic rings. The van der Waals surface area contributed by atoms with Gasteiger partial charge in [0.15, 0.2) is 0 Å². The molecule has 0 radical (unpaired) electrons. The molecule has 27 heavy (non-hydrogen) atoms. The number of aliphatic carboxylic acids is 1. The van der Waals surface area contributed by atoms with Crippen molar-refractivity contribution in [1.29, 1.82) is 0 Å². The zero-order valence-electron chi connectivity index (χ0n) is 16.5. The maximum absolute atomic E-state index is 11.3. The predicted molar refractivity (Wildman–Crippen MR) is 113 cm³/mol. The lowest BCUT2D eigenvalue weighted by molar-refractivity contribution is -0.143. The SMILES string of the molecule is Cc1ccsc1/C(=C\CCN1CCC[C@H](C(=O)O)C1)c1c(C)cccc1C. The molecule has 1 fully saturated rings. The zero-order chi connectivity index (χ0) is 19.4. The number of likely N-dealkylation sites (tertiary alicyclic amines) is 1. The number of hydrogen-bond acceptors (Lipinski definition) is 3. The Bertz CT molecular complexity index is 816. The largest absolute Gasteiger partial charge is 0.481 e. The molecule has 2 heterocycles. The van der Waals surface area contributed by atoms with Gasteiger partial charge in [-0.25, -0.2) is 0 Å². The topological polar surface area (TPSA) is 40.5 Å². The first-order valence-corrected chi connectivity index (χ1v) is 10.6. The lowest BCUT2D eigenvalue weighted by Gasteiger charge is -2.30. The normalized spacial score (nSPS) is 18.6. The fourth-order valence-electron chi connectivity index (χ4n) is 4.05. The van der Waals surface area contributed by atoms with E-state index in [1.165, 1.54) is 32.7 Å². The highest BCUT2D eigenvalue weighted by molar-refractivity contribution is 7.11. The van der Waals surface area contributed by atoms with Gasteiger partial charge in [-0.3, -0.25) is 4.79 Å². The standard InChI is InChI=1S/C23H29NO2S/c1-16-7-4-8-17(2)21(16)20(22-18(3)11-14-27-22)10-6-13-24-12-5-9-19(15-24)23(25)26/h4,7-8,10-11,14,19H,5-6,9,12-13,15H2,1-3H3,(H,25,26)/b20-10-/t19-/m0/s1. The average molecular weight is 384 g/mol.